The topological polar surface area (TPSA) is 82.6 Å². The molecule has 6 nitrogen and oxygen atoms in total. The predicted octanol–water partition coefficient (Wildman–Crippen LogP) is 0.542. The van der Waals surface area contributed by atoms with Crippen LogP contribution in [0.15, 0.2) is 22.8 Å². The summed E-state index contributed by atoms with van der Waals surface area (Å²) in [4.78, 5) is 2.24. The normalized spacial score (nSPS) is 19.9. The van der Waals surface area contributed by atoms with E-state index in [2.05, 4.69) is 15.2 Å². The molecule has 2 aromatic rings. The van der Waals surface area contributed by atoms with Crippen molar-refractivity contribution in [2.45, 2.75) is 25.0 Å². The van der Waals surface area contributed by atoms with Crippen molar-refractivity contribution >= 4 is 11.0 Å². The van der Waals surface area contributed by atoms with Crippen molar-refractivity contribution in [2.75, 3.05) is 19.7 Å². The maximum atomic E-state index is 9.99. The fourth-order valence-electron chi connectivity index (χ4n) is 2.52. The number of rotatable bonds is 3. The molecule has 0 unspecified atom stereocenters. The number of aliphatic hydroxyl groups excluding tert-OH is 1. The van der Waals surface area contributed by atoms with E-state index in [4.69, 9.17) is 9.74 Å². The molecule has 6 heteroatoms. The van der Waals surface area contributed by atoms with Gasteiger partial charge in [-0.25, -0.2) is 4.63 Å². The third kappa shape index (κ3) is 2.47. The zero-order chi connectivity index (χ0) is 13.3. The third-order valence-electron chi connectivity index (χ3n) is 3.84. The molecular weight excluding hydrogens is 246 g/mol. The van der Waals surface area contributed by atoms with Crippen molar-refractivity contribution in [3.63, 3.8) is 0 Å². The molecular formula is C13H17N3O3. The van der Waals surface area contributed by atoms with Crippen molar-refractivity contribution in [2.24, 2.45) is 0 Å². The van der Waals surface area contributed by atoms with E-state index < -0.39 is 5.60 Å². The summed E-state index contributed by atoms with van der Waals surface area (Å²) in [6.45, 7) is 2.12. The van der Waals surface area contributed by atoms with E-state index in [0.717, 1.165) is 36.2 Å². The van der Waals surface area contributed by atoms with Crippen LogP contribution in [0, 0.1) is 0 Å². The maximum Gasteiger partial charge on any atom is 0.139 e. The zero-order valence-electron chi connectivity index (χ0n) is 10.6. The Hall–Kier alpha value is -1.50. The Bertz CT molecular complexity index is 561. The molecule has 1 aromatic heterocycles. The standard InChI is InChI=1S/C13H17N3O3/c17-9-13(18)4-6-16(7-5-13)8-10-2-1-3-11-12(10)15-19-14-11/h1-3,17-18H,4-9H2. The molecule has 0 bridgehead atoms. The highest BCUT2D eigenvalue weighted by molar-refractivity contribution is 5.76. The Morgan fingerprint density at radius 3 is 2.79 bits per heavy atom. The van der Waals surface area contributed by atoms with Gasteiger partial charge in [0.25, 0.3) is 0 Å². The second kappa shape index (κ2) is 4.88. The number of likely N-dealkylation sites (tertiary alicyclic amines) is 1. The van der Waals surface area contributed by atoms with E-state index in [1.807, 2.05) is 18.2 Å². The van der Waals surface area contributed by atoms with E-state index in [1.165, 1.54) is 0 Å². The highest BCUT2D eigenvalue weighted by atomic mass is 16.6. The van der Waals surface area contributed by atoms with Crippen LogP contribution in [-0.2, 0) is 6.54 Å². The van der Waals surface area contributed by atoms with Gasteiger partial charge in [0.15, 0.2) is 0 Å². The highest BCUT2D eigenvalue weighted by Gasteiger charge is 2.31. The Morgan fingerprint density at radius 1 is 1.26 bits per heavy atom. The van der Waals surface area contributed by atoms with E-state index in [-0.39, 0.29) is 6.61 Å². The first-order chi connectivity index (χ1) is 9.20. The van der Waals surface area contributed by atoms with Gasteiger partial charge in [-0.05, 0) is 34.8 Å². The lowest BCUT2D eigenvalue weighted by Crippen LogP contribution is -2.46. The fraction of sp³-hybridized carbons (Fsp3) is 0.538. The summed E-state index contributed by atoms with van der Waals surface area (Å²) >= 11 is 0. The van der Waals surface area contributed by atoms with Crippen LogP contribution in [0.5, 0.6) is 0 Å². The molecule has 1 aliphatic heterocycles. The number of benzene rings is 1. The quantitative estimate of drug-likeness (QED) is 0.841. The second-order valence-electron chi connectivity index (χ2n) is 5.21. The maximum absolute atomic E-state index is 9.99. The van der Waals surface area contributed by atoms with E-state index in [1.54, 1.807) is 0 Å². The number of hydrogen-bond acceptors (Lipinski definition) is 6. The monoisotopic (exact) mass is 263 g/mol. The van der Waals surface area contributed by atoms with Gasteiger partial charge < -0.3 is 10.2 Å². The van der Waals surface area contributed by atoms with Crippen LogP contribution < -0.4 is 0 Å². The summed E-state index contributed by atoms with van der Waals surface area (Å²) in [5.74, 6) is 0. The molecule has 0 radical (unpaired) electrons. The lowest BCUT2D eigenvalue weighted by atomic mass is 9.92. The molecule has 0 aliphatic carbocycles. The molecule has 2 heterocycles. The first-order valence-electron chi connectivity index (χ1n) is 6.46. The Balaban J connectivity index is 1.71. The van der Waals surface area contributed by atoms with Crippen LogP contribution in [0.25, 0.3) is 11.0 Å². The number of fused-ring (bicyclic) bond motifs is 1. The number of hydrogen-bond donors (Lipinski definition) is 2. The molecule has 3 rings (SSSR count). The first kappa shape index (κ1) is 12.5. The van der Waals surface area contributed by atoms with E-state index in [9.17, 15) is 5.11 Å². The second-order valence-corrected chi connectivity index (χ2v) is 5.21. The molecule has 0 atom stereocenters. The predicted molar refractivity (Wildman–Crippen MR) is 68.4 cm³/mol. The van der Waals surface area contributed by atoms with Crippen LogP contribution >= 0.6 is 0 Å². The van der Waals surface area contributed by atoms with Gasteiger partial charge in [-0.1, -0.05) is 12.1 Å². The summed E-state index contributed by atoms with van der Waals surface area (Å²) in [6, 6.07) is 5.82. The van der Waals surface area contributed by atoms with Gasteiger partial charge in [0, 0.05) is 19.6 Å². The van der Waals surface area contributed by atoms with Crippen molar-refractivity contribution in [3.8, 4) is 0 Å². The van der Waals surface area contributed by atoms with Crippen LogP contribution in [0.3, 0.4) is 0 Å². The summed E-state index contributed by atoms with van der Waals surface area (Å²) in [7, 11) is 0. The van der Waals surface area contributed by atoms with E-state index >= 15 is 0 Å². The fourth-order valence-corrected chi connectivity index (χ4v) is 2.52. The minimum Gasteiger partial charge on any atom is -0.393 e. The lowest BCUT2D eigenvalue weighted by Gasteiger charge is -2.36. The molecule has 1 aliphatic rings. The molecule has 102 valence electrons. The Labute approximate surface area is 110 Å². The minimum absolute atomic E-state index is 0.163. The van der Waals surface area contributed by atoms with Gasteiger partial charge in [0.1, 0.15) is 11.0 Å². The number of aromatic nitrogens is 2. The highest BCUT2D eigenvalue weighted by Crippen LogP contribution is 2.24. The lowest BCUT2D eigenvalue weighted by molar-refractivity contribution is -0.0606. The number of piperidine rings is 1. The summed E-state index contributed by atoms with van der Waals surface area (Å²) < 4.78 is 4.75. The summed E-state index contributed by atoms with van der Waals surface area (Å²) in [5, 5.41) is 26.9. The molecule has 0 amide bonds. The van der Waals surface area contributed by atoms with Crippen molar-refractivity contribution in [1.82, 2.24) is 15.2 Å². The number of aliphatic hydroxyl groups is 2. The van der Waals surface area contributed by atoms with Crippen LogP contribution in [0.2, 0.25) is 0 Å². The zero-order valence-corrected chi connectivity index (χ0v) is 10.6. The SMILES string of the molecule is OCC1(O)CCN(Cc2cccc3nonc23)CC1. The average molecular weight is 263 g/mol. The van der Waals surface area contributed by atoms with Crippen molar-refractivity contribution in [1.29, 1.82) is 0 Å². The third-order valence-corrected chi connectivity index (χ3v) is 3.84. The average Bonchev–Trinajstić information content (AvgIpc) is 2.91. The van der Waals surface area contributed by atoms with E-state index in [0.29, 0.717) is 12.8 Å². The molecule has 0 saturated carbocycles. The Morgan fingerprint density at radius 2 is 2.05 bits per heavy atom. The van der Waals surface area contributed by atoms with Gasteiger partial charge >= 0.3 is 0 Å². The van der Waals surface area contributed by atoms with Gasteiger partial charge in [0.05, 0.1) is 12.2 Å². The molecule has 0 spiro atoms. The van der Waals surface area contributed by atoms with Crippen LogP contribution in [0.1, 0.15) is 18.4 Å². The molecule has 1 saturated heterocycles. The van der Waals surface area contributed by atoms with Crippen LogP contribution in [-0.4, -0.2) is 50.7 Å². The van der Waals surface area contributed by atoms with Crippen molar-refractivity contribution in [3.05, 3.63) is 23.8 Å². The van der Waals surface area contributed by atoms with Gasteiger partial charge in [-0.3, -0.25) is 4.90 Å². The van der Waals surface area contributed by atoms with Gasteiger partial charge in [-0.2, -0.15) is 0 Å². The van der Waals surface area contributed by atoms with Gasteiger partial charge in [0.2, 0.25) is 0 Å². The molecule has 1 aromatic carbocycles. The summed E-state index contributed by atoms with van der Waals surface area (Å²) in [5.41, 5.74) is 1.73. The van der Waals surface area contributed by atoms with Gasteiger partial charge in [-0.15, -0.1) is 0 Å². The molecule has 19 heavy (non-hydrogen) atoms. The molecule has 1 fully saturated rings. The first-order valence-corrected chi connectivity index (χ1v) is 6.46. The Kier molecular flexibility index (Phi) is 3.22. The van der Waals surface area contributed by atoms with Crippen molar-refractivity contribution < 1.29 is 14.8 Å². The minimum atomic E-state index is -0.905. The van der Waals surface area contributed by atoms with Crippen LogP contribution in [0.4, 0.5) is 0 Å². The number of nitrogens with zero attached hydrogens (tertiary/aromatic N) is 3. The smallest absolute Gasteiger partial charge is 0.139 e. The summed E-state index contributed by atoms with van der Waals surface area (Å²) in [6.07, 6.45) is 1.19. The molecule has 2 N–H and O–H groups in total. The largest absolute Gasteiger partial charge is 0.393 e.